The van der Waals surface area contributed by atoms with Crippen molar-refractivity contribution in [3.8, 4) is 0 Å². The third kappa shape index (κ3) is 2.90. The number of anilines is 3. The number of hydrogen-bond donors (Lipinski definition) is 3. The number of pyridine rings is 1. The van der Waals surface area contributed by atoms with E-state index in [9.17, 15) is 5.11 Å². The molecule has 2 heterocycles. The van der Waals surface area contributed by atoms with Gasteiger partial charge in [0, 0.05) is 0 Å². The Morgan fingerprint density at radius 3 is 2.58 bits per heavy atom. The van der Waals surface area contributed by atoms with Gasteiger partial charge in [-0.2, -0.15) is 0 Å². The van der Waals surface area contributed by atoms with Crippen molar-refractivity contribution in [3.05, 3.63) is 12.3 Å². The molecule has 0 bridgehead atoms. The van der Waals surface area contributed by atoms with Crippen LogP contribution in [-0.4, -0.2) is 60.4 Å². The number of hydrogen-bond acceptors (Lipinski definition) is 5. The Labute approximate surface area is 114 Å². The summed E-state index contributed by atoms with van der Waals surface area (Å²) in [7, 11) is 0. The Kier molecular flexibility index (Phi) is 4.11. The lowest BCUT2D eigenvalue weighted by Gasteiger charge is -2.44. The maximum absolute atomic E-state index is 9.20. The van der Waals surface area contributed by atoms with E-state index in [1.807, 2.05) is 0 Å². The molecule has 0 aromatic carbocycles. The fraction of sp³-hybridized carbons (Fsp3) is 0.615. The summed E-state index contributed by atoms with van der Waals surface area (Å²) in [5.41, 5.74) is 12.9. The first-order chi connectivity index (χ1) is 9.10. The van der Waals surface area contributed by atoms with Gasteiger partial charge in [-0.1, -0.05) is 0 Å². The van der Waals surface area contributed by atoms with Crippen molar-refractivity contribution < 1.29 is 9.59 Å². The van der Waals surface area contributed by atoms with Crippen molar-refractivity contribution in [2.75, 3.05) is 62.2 Å². The Morgan fingerprint density at radius 2 is 2.05 bits per heavy atom. The molecular formula is C13H24N5O+. The van der Waals surface area contributed by atoms with E-state index in [0.717, 1.165) is 49.6 Å². The van der Waals surface area contributed by atoms with Gasteiger partial charge in [0.25, 0.3) is 0 Å². The number of quaternary nitrogens is 1. The van der Waals surface area contributed by atoms with Gasteiger partial charge in [-0.15, -0.1) is 0 Å². The maximum atomic E-state index is 9.20. The topological polar surface area (TPSA) is 88.4 Å². The van der Waals surface area contributed by atoms with Gasteiger partial charge in [0.15, 0.2) is 5.82 Å². The minimum absolute atomic E-state index is 0.246. The van der Waals surface area contributed by atoms with Crippen molar-refractivity contribution in [1.29, 1.82) is 0 Å². The van der Waals surface area contributed by atoms with E-state index in [1.54, 1.807) is 12.3 Å². The van der Waals surface area contributed by atoms with Crippen molar-refractivity contribution in [2.45, 2.75) is 6.92 Å². The summed E-state index contributed by atoms with van der Waals surface area (Å²) >= 11 is 0. The molecular weight excluding hydrogens is 242 g/mol. The van der Waals surface area contributed by atoms with Crippen LogP contribution in [0.1, 0.15) is 6.92 Å². The zero-order chi connectivity index (χ0) is 13.9. The number of nitrogen functional groups attached to an aromatic ring is 2. The van der Waals surface area contributed by atoms with E-state index in [2.05, 4.69) is 16.8 Å². The Bertz CT molecular complexity index is 429. The predicted molar refractivity (Wildman–Crippen MR) is 77.8 cm³/mol. The minimum Gasteiger partial charge on any atom is -0.397 e. The third-order valence-corrected chi connectivity index (χ3v) is 4.15. The average molecular weight is 266 g/mol. The van der Waals surface area contributed by atoms with Crippen molar-refractivity contribution in [3.63, 3.8) is 0 Å². The van der Waals surface area contributed by atoms with Crippen molar-refractivity contribution in [1.82, 2.24) is 4.98 Å². The monoisotopic (exact) mass is 266 g/mol. The SMILES string of the molecule is CC[N+]1(CCO)CCN(c2ncc(N)cc2N)CC1. The molecule has 0 aliphatic carbocycles. The smallest absolute Gasteiger partial charge is 0.152 e. The highest BCUT2D eigenvalue weighted by Crippen LogP contribution is 2.24. The first-order valence-electron chi connectivity index (χ1n) is 6.82. The fourth-order valence-electron chi connectivity index (χ4n) is 2.77. The summed E-state index contributed by atoms with van der Waals surface area (Å²) in [5, 5.41) is 9.20. The van der Waals surface area contributed by atoms with Crippen LogP contribution in [-0.2, 0) is 0 Å². The quantitative estimate of drug-likeness (QED) is 0.662. The lowest BCUT2D eigenvalue weighted by atomic mass is 10.2. The first-order valence-corrected chi connectivity index (χ1v) is 6.82. The number of piperazine rings is 1. The zero-order valence-electron chi connectivity index (χ0n) is 11.5. The highest BCUT2D eigenvalue weighted by Gasteiger charge is 2.31. The van der Waals surface area contributed by atoms with E-state index in [-0.39, 0.29) is 6.61 Å². The first kappa shape index (κ1) is 13.9. The summed E-state index contributed by atoms with van der Waals surface area (Å²) in [6, 6.07) is 1.76. The van der Waals surface area contributed by atoms with E-state index < -0.39 is 0 Å². The number of nitrogens with zero attached hydrogens (tertiary/aromatic N) is 3. The zero-order valence-corrected chi connectivity index (χ0v) is 11.5. The van der Waals surface area contributed by atoms with Gasteiger partial charge in [-0.05, 0) is 13.0 Å². The lowest BCUT2D eigenvalue weighted by Crippen LogP contribution is -2.60. The van der Waals surface area contributed by atoms with Crippen LogP contribution in [0.2, 0.25) is 0 Å². The van der Waals surface area contributed by atoms with Crippen LogP contribution in [0.5, 0.6) is 0 Å². The number of nitrogens with two attached hydrogens (primary N) is 2. The fourth-order valence-corrected chi connectivity index (χ4v) is 2.77. The highest BCUT2D eigenvalue weighted by molar-refractivity contribution is 5.66. The van der Waals surface area contributed by atoms with Gasteiger partial charge in [-0.3, -0.25) is 0 Å². The molecule has 6 nitrogen and oxygen atoms in total. The van der Waals surface area contributed by atoms with E-state index in [0.29, 0.717) is 11.4 Å². The summed E-state index contributed by atoms with van der Waals surface area (Å²) in [6.45, 7) is 8.17. The van der Waals surface area contributed by atoms with Gasteiger partial charge >= 0.3 is 0 Å². The standard InChI is InChI=1S/C13H24N5O/c1-2-18(7-8-19)5-3-17(4-6-18)13-12(15)9-11(14)10-16-13/h9-10,19H,2-8,14-15H2,1H3/q+1. The molecule has 0 atom stereocenters. The van der Waals surface area contributed by atoms with Gasteiger partial charge in [0.2, 0.25) is 0 Å². The van der Waals surface area contributed by atoms with Crippen LogP contribution in [0.4, 0.5) is 17.2 Å². The predicted octanol–water partition coefficient (Wildman–Crippen LogP) is -0.105. The van der Waals surface area contributed by atoms with Crippen molar-refractivity contribution in [2.24, 2.45) is 0 Å². The molecule has 6 heteroatoms. The van der Waals surface area contributed by atoms with Crippen LogP contribution < -0.4 is 16.4 Å². The summed E-state index contributed by atoms with van der Waals surface area (Å²) < 4.78 is 0.974. The second kappa shape index (κ2) is 5.63. The minimum atomic E-state index is 0.246. The average Bonchev–Trinajstić information content (AvgIpc) is 2.40. The molecule has 1 aromatic heterocycles. The van der Waals surface area contributed by atoms with Gasteiger partial charge in [0.1, 0.15) is 6.54 Å². The molecule has 0 amide bonds. The van der Waals surface area contributed by atoms with Crippen LogP contribution in [0, 0.1) is 0 Å². The maximum Gasteiger partial charge on any atom is 0.152 e. The molecule has 1 aliphatic rings. The molecule has 0 unspecified atom stereocenters. The molecule has 0 saturated carbocycles. The molecule has 1 fully saturated rings. The summed E-state index contributed by atoms with van der Waals surface area (Å²) in [4.78, 5) is 6.55. The molecule has 1 aliphatic heterocycles. The molecule has 1 saturated heterocycles. The number of aromatic nitrogens is 1. The van der Waals surface area contributed by atoms with Crippen LogP contribution in [0.3, 0.4) is 0 Å². The van der Waals surface area contributed by atoms with Crippen molar-refractivity contribution >= 4 is 17.2 Å². The van der Waals surface area contributed by atoms with Crippen LogP contribution >= 0.6 is 0 Å². The number of rotatable bonds is 4. The van der Waals surface area contributed by atoms with Gasteiger partial charge in [-0.25, -0.2) is 4.98 Å². The van der Waals surface area contributed by atoms with Crippen LogP contribution in [0.25, 0.3) is 0 Å². The Morgan fingerprint density at radius 1 is 1.37 bits per heavy atom. The number of likely N-dealkylation sites (N-methyl/N-ethyl adjacent to an activating group) is 1. The molecule has 106 valence electrons. The number of aliphatic hydroxyl groups is 1. The van der Waals surface area contributed by atoms with E-state index in [4.69, 9.17) is 11.5 Å². The van der Waals surface area contributed by atoms with E-state index in [1.165, 1.54) is 0 Å². The molecule has 5 N–H and O–H groups in total. The molecule has 2 rings (SSSR count). The molecule has 19 heavy (non-hydrogen) atoms. The second-order valence-electron chi connectivity index (χ2n) is 5.22. The number of aliphatic hydroxyl groups excluding tert-OH is 1. The third-order valence-electron chi connectivity index (χ3n) is 4.15. The molecule has 0 spiro atoms. The van der Waals surface area contributed by atoms with Crippen LogP contribution in [0.15, 0.2) is 12.3 Å². The summed E-state index contributed by atoms with van der Waals surface area (Å²) in [5.74, 6) is 0.826. The largest absolute Gasteiger partial charge is 0.397 e. The van der Waals surface area contributed by atoms with Gasteiger partial charge in [0.05, 0.1) is 56.9 Å². The highest BCUT2D eigenvalue weighted by atomic mass is 16.3. The lowest BCUT2D eigenvalue weighted by molar-refractivity contribution is -0.927. The Balaban J connectivity index is 2.07. The Hall–Kier alpha value is -1.53. The van der Waals surface area contributed by atoms with Gasteiger partial charge < -0.3 is 26.0 Å². The molecule has 0 radical (unpaired) electrons. The normalized spacial score (nSPS) is 18.5. The summed E-state index contributed by atoms with van der Waals surface area (Å²) in [6.07, 6.45) is 1.65. The van der Waals surface area contributed by atoms with E-state index >= 15 is 0 Å². The second-order valence-corrected chi connectivity index (χ2v) is 5.22. The molecule has 1 aromatic rings.